The summed E-state index contributed by atoms with van der Waals surface area (Å²) in [6.07, 6.45) is 2.52. The molecule has 0 radical (unpaired) electrons. The highest BCUT2D eigenvalue weighted by atomic mass is 14.9. The first kappa shape index (κ1) is 8.96. The van der Waals surface area contributed by atoms with Crippen LogP contribution in [0.5, 0.6) is 0 Å². The molecular formula is C8H19N. The molecule has 0 aromatic rings. The summed E-state index contributed by atoms with van der Waals surface area (Å²) in [6, 6.07) is 0.718. The Labute approximate surface area is 58.8 Å². The van der Waals surface area contributed by atoms with Crippen LogP contribution in [0.1, 0.15) is 33.6 Å². The smallest absolute Gasteiger partial charge is 0.00869 e. The van der Waals surface area contributed by atoms with Crippen LogP contribution in [-0.4, -0.2) is 13.1 Å². The summed E-state index contributed by atoms with van der Waals surface area (Å²) in [7, 11) is 2.04. The van der Waals surface area contributed by atoms with Crippen LogP contribution in [0, 0.1) is 5.92 Å². The van der Waals surface area contributed by atoms with E-state index in [1.54, 1.807) is 0 Å². The number of nitrogens with one attached hydrogen (secondary N) is 1. The van der Waals surface area contributed by atoms with E-state index in [1.165, 1.54) is 12.8 Å². The van der Waals surface area contributed by atoms with Gasteiger partial charge in [-0.25, -0.2) is 0 Å². The predicted octanol–water partition coefficient (Wildman–Crippen LogP) is 2.03. The zero-order chi connectivity index (χ0) is 7.28. The standard InChI is InChI=1S/C8H19N/c1-5-7(3)8(6-2)9-4/h7-9H,5-6H2,1-4H3/t7-,8?/m1/s1. The number of hydrogen-bond acceptors (Lipinski definition) is 1. The second kappa shape index (κ2) is 4.80. The van der Waals surface area contributed by atoms with Gasteiger partial charge < -0.3 is 5.32 Å². The maximum atomic E-state index is 3.30. The molecular weight excluding hydrogens is 110 g/mol. The van der Waals surface area contributed by atoms with Gasteiger partial charge in [0.05, 0.1) is 0 Å². The van der Waals surface area contributed by atoms with Crippen molar-refractivity contribution < 1.29 is 0 Å². The molecule has 0 saturated heterocycles. The molecule has 56 valence electrons. The van der Waals surface area contributed by atoms with Crippen molar-refractivity contribution in [3.63, 3.8) is 0 Å². The average Bonchev–Trinajstić information content (AvgIpc) is 1.90. The third-order valence-electron chi connectivity index (χ3n) is 2.14. The van der Waals surface area contributed by atoms with E-state index in [9.17, 15) is 0 Å². The van der Waals surface area contributed by atoms with Crippen molar-refractivity contribution in [1.82, 2.24) is 5.32 Å². The first-order chi connectivity index (χ1) is 4.26. The van der Waals surface area contributed by atoms with E-state index >= 15 is 0 Å². The first-order valence-electron chi connectivity index (χ1n) is 3.93. The van der Waals surface area contributed by atoms with Gasteiger partial charge in [-0.2, -0.15) is 0 Å². The minimum absolute atomic E-state index is 0.718. The zero-order valence-corrected chi connectivity index (χ0v) is 7.07. The molecule has 1 N–H and O–H groups in total. The van der Waals surface area contributed by atoms with Crippen molar-refractivity contribution in [2.45, 2.75) is 39.7 Å². The first-order valence-corrected chi connectivity index (χ1v) is 3.93. The van der Waals surface area contributed by atoms with E-state index < -0.39 is 0 Å². The Hall–Kier alpha value is -0.0400. The zero-order valence-electron chi connectivity index (χ0n) is 7.07. The summed E-state index contributed by atoms with van der Waals surface area (Å²) in [5.41, 5.74) is 0. The molecule has 0 aliphatic carbocycles. The van der Waals surface area contributed by atoms with Crippen molar-refractivity contribution in [3.8, 4) is 0 Å². The van der Waals surface area contributed by atoms with Gasteiger partial charge in [0, 0.05) is 6.04 Å². The molecule has 1 nitrogen and oxygen atoms in total. The Balaban J connectivity index is 3.50. The predicted molar refractivity (Wildman–Crippen MR) is 42.6 cm³/mol. The van der Waals surface area contributed by atoms with Crippen molar-refractivity contribution in [2.24, 2.45) is 5.92 Å². The highest BCUT2D eigenvalue weighted by Gasteiger charge is 2.09. The Morgan fingerprint density at radius 3 is 1.89 bits per heavy atom. The van der Waals surface area contributed by atoms with Gasteiger partial charge in [0.25, 0.3) is 0 Å². The molecule has 0 aliphatic heterocycles. The second-order valence-electron chi connectivity index (χ2n) is 2.69. The Morgan fingerprint density at radius 1 is 1.22 bits per heavy atom. The lowest BCUT2D eigenvalue weighted by Gasteiger charge is -2.19. The maximum Gasteiger partial charge on any atom is 0.00869 e. The Bertz CT molecular complexity index is 57.6. The molecule has 0 amide bonds. The molecule has 1 unspecified atom stereocenters. The molecule has 0 rings (SSSR count). The highest BCUT2D eigenvalue weighted by Crippen LogP contribution is 2.09. The van der Waals surface area contributed by atoms with E-state index in [4.69, 9.17) is 0 Å². The number of hydrogen-bond donors (Lipinski definition) is 1. The van der Waals surface area contributed by atoms with E-state index in [1.807, 2.05) is 7.05 Å². The monoisotopic (exact) mass is 129 g/mol. The molecule has 2 atom stereocenters. The summed E-state index contributed by atoms with van der Waals surface area (Å²) in [6.45, 7) is 6.77. The quantitative estimate of drug-likeness (QED) is 0.612. The molecule has 0 aromatic heterocycles. The fourth-order valence-electron chi connectivity index (χ4n) is 1.18. The van der Waals surface area contributed by atoms with Crippen LogP contribution in [0.3, 0.4) is 0 Å². The van der Waals surface area contributed by atoms with Crippen LogP contribution >= 0.6 is 0 Å². The summed E-state index contributed by atoms with van der Waals surface area (Å²) in [5, 5.41) is 3.30. The van der Waals surface area contributed by atoms with Gasteiger partial charge in [0.15, 0.2) is 0 Å². The summed E-state index contributed by atoms with van der Waals surface area (Å²) in [5.74, 6) is 0.819. The van der Waals surface area contributed by atoms with Gasteiger partial charge in [0.2, 0.25) is 0 Å². The van der Waals surface area contributed by atoms with Crippen LogP contribution in [0.4, 0.5) is 0 Å². The lowest BCUT2D eigenvalue weighted by atomic mass is 9.97. The summed E-state index contributed by atoms with van der Waals surface area (Å²) >= 11 is 0. The van der Waals surface area contributed by atoms with Crippen molar-refractivity contribution >= 4 is 0 Å². The van der Waals surface area contributed by atoms with Crippen LogP contribution < -0.4 is 5.32 Å². The average molecular weight is 129 g/mol. The minimum atomic E-state index is 0.718. The number of rotatable bonds is 4. The van der Waals surface area contributed by atoms with Crippen LogP contribution in [0.25, 0.3) is 0 Å². The molecule has 0 fully saturated rings. The van der Waals surface area contributed by atoms with Crippen molar-refractivity contribution in [3.05, 3.63) is 0 Å². The maximum absolute atomic E-state index is 3.30. The van der Waals surface area contributed by atoms with E-state index in [0.717, 1.165) is 12.0 Å². The fourth-order valence-corrected chi connectivity index (χ4v) is 1.18. The van der Waals surface area contributed by atoms with Gasteiger partial charge in [-0.1, -0.05) is 27.2 Å². The van der Waals surface area contributed by atoms with Crippen molar-refractivity contribution in [2.75, 3.05) is 7.05 Å². The topological polar surface area (TPSA) is 12.0 Å². The Kier molecular flexibility index (Phi) is 4.78. The van der Waals surface area contributed by atoms with Crippen LogP contribution in [0.15, 0.2) is 0 Å². The lowest BCUT2D eigenvalue weighted by molar-refractivity contribution is 0.379. The molecule has 0 bridgehead atoms. The van der Waals surface area contributed by atoms with Gasteiger partial charge in [0.1, 0.15) is 0 Å². The largest absolute Gasteiger partial charge is 0.317 e. The third kappa shape index (κ3) is 2.85. The van der Waals surface area contributed by atoms with Crippen molar-refractivity contribution in [1.29, 1.82) is 0 Å². The van der Waals surface area contributed by atoms with Gasteiger partial charge >= 0.3 is 0 Å². The Morgan fingerprint density at radius 2 is 1.78 bits per heavy atom. The molecule has 0 spiro atoms. The lowest BCUT2D eigenvalue weighted by Crippen LogP contribution is -2.30. The van der Waals surface area contributed by atoms with Gasteiger partial charge in [-0.05, 0) is 19.4 Å². The SMILES string of the molecule is CCC(NC)[C@H](C)CC. The third-order valence-corrected chi connectivity index (χ3v) is 2.14. The second-order valence-corrected chi connectivity index (χ2v) is 2.69. The molecule has 0 saturated carbocycles. The fraction of sp³-hybridized carbons (Fsp3) is 1.00. The van der Waals surface area contributed by atoms with Gasteiger partial charge in [-0.15, -0.1) is 0 Å². The molecule has 0 aromatic carbocycles. The van der Waals surface area contributed by atoms with Crippen LogP contribution in [0.2, 0.25) is 0 Å². The molecule has 0 heterocycles. The van der Waals surface area contributed by atoms with Gasteiger partial charge in [-0.3, -0.25) is 0 Å². The van der Waals surface area contributed by atoms with Crippen LogP contribution in [-0.2, 0) is 0 Å². The highest BCUT2D eigenvalue weighted by molar-refractivity contribution is 4.67. The summed E-state index contributed by atoms with van der Waals surface area (Å²) < 4.78 is 0. The van der Waals surface area contributed by atoms with E-state index in [-0.39, 0.29) is 0 Å². The van der Waals surface area contributed by atoms with E-state index in [0.29, 0.717) is 0 Å². The summed E-state index contributed by atoms with van der Waals surface area (Å²) in [4.78, 5) is 0. The minimum Gasteiger partial charge on any atom is -0.317 e. The molecule has 1 heteroatoms. The molecule has 9 heavy (non-hydrogen) atoms. The normalized spacial score (nSPS) is 17.3. The van der Waals surface area contributed by atoms with E-state index in [2.05, 4.69) is 26.1 Å². The molecule has 0 aliphatic rings.